The van der Waals surface area contributed by atoms with Gasteiger partial charge in [-0.1, -0.05) is 117 Å². The second-order valence-electron chi connectivity index (χ2n) is 11.6. The van der Waals surface area contributed by atoms with Crippen molar-refractivity contribution in [2.75, 3.05) is 26.4 Å². The van der Waals surface area contributed by atoms with Crippen LogP contribution in [0.1, 0.15) is 136 Å². The standard InChI is InChI=1S/C32H62O9/c1-3-5-7-9-11-12-13-14-16-18-20-22-38-24-26(40-28(34)21-19-17-15-10-8-6-4-2)25-39-32-31(37)30(36)29(35)27(23-33)41-32/h26-27,29-33,35-37H,3-25H2,1-2H3. The van der Waals surface area contributed by atoms with Crippen LogP contribution in [0.25, 0.3) is 0 Å². The molecule has 9 nitrogen and oxygen atoms in total. The summed E-state index contributed by atoms with van der Waals surface area (Å²) in [4.78, 5) is 12.5. The third-order valence-corrected chi connectivity index (χ3v) is 7.77. The van der Waals surface area contributed by atoms with Crippen molar-refractivity contribution in [2.45, 2.75) is 173 Å². The van der Waals surface area contributed by atoms with Gasteiger partial charge in [0.2, 0.25) is 0 Å². The van der Waals surface area contributed by atoms with Crippen LogP contribution >= 0.6 is 0 Å². The maximum Gasteiger partial charge on any atom is 0.306 e. The van der Waals surface area contributed by atoms with Crippen molar-refractivity contribution in [3.8, 4) is 0 Å². The number of aliphatic hydroxyl groups is 4. The molecule has 1 rings (SSSR count). The Hall–Kier alpha value is -0.810. The fourth-order valence-corrected chi connectivity index (χ4v) is 5.08. The number of hydrogen-bond donors (Lipinski definition) is 4. The molecule has 0 aromatic carbocycles. The van der Waals surface area contributed by atoms with Gasteiger partial charge in [-0.05, 0) is 12.8 Å². The summed E-state index contributed by atoms with van der Waals surface area (Å²) in [7, 11) is 0. The van der Waals surface area contributed by atoms with Gasteiger partial charge < -0.3 is 39.4 Å². The van der Waals surface area contributed by atoms with Crippen LogP contribution in [0, 0.1) is 0 Å². The van der Waals surface area contributed by atoms with Crippen LogP contribution < -0.4 is 0 Å². The highest BCUT2D eigenvalue weighted by Gasteiger charge is 2.44. The molecule has 0 radical (unpaired) electrons. The van der Waals surface area contributed by atoms with E-state index in [9.17, 15) is 25.2 Å². The highest BCUT2D eigenvalue weighted by Crippen LogP contribution is 2.22. The fourth-order valence-electron chi connectivity index (χ4n) is 5.08. The van der Waals surface area contributed by atoms with Crippen molar-refractivity contribution < 1.29 is 44.2 Å². The van der Waals surface area contributed by atoms with E-state index in [2.05, 4.69) is 13.8 Å². The van der Waals surface area contributed by atoms with Crippen LogP contribution in [-0.2, 0) is 23.7 Å². The SMILES string of the molecule is CCCCCCCCCCCCCOCC(COC1OC(CO)C(O)C(O)C1O)OC(=O)CCCCCCCCC. The Bertz CT molecular complexity index is 604. The number of rotatable bonds is 27. The maximum atomic E-state index is 12.5. The summed E-state index contributed by atoms with van der Waals surface area (Å²) in [5, 5.41) is 39.7. The molecule has 1 aliphatic heterocycles. The molecule has 41 heavy (non-hydrogen) atoms. The number of ether oxygens (including phenoxy) is 4. The van der Waals surface area contributed by atoms with Gasteiger partial charge in [0.05, 0.1) is 19.8 Å². The smallest absolute Gasteiger partial charge is 0.306 e. The zero-order chi connectivity index (χ0) is 30.1. The number of hydrogen-bond acceptors (Lipinski definition) is 9. The number of unbranched alkanes of at least 4 members (excludes halogenated alkanes) is 16. The van der Waals surface area contributed by atoms with E-state index in [-0.39, 0.29) is 19.2 Å². The van der Waals surface area contributed by atoms with Gasteiger partial charge in [-0.15, -0.1) is 0 Å². The first kappa shape index (κ1) is 38.2. The average Bonchev–Trinajstić information content (AvgIpc) is 2.97. The van der Waals surface area contributed by atoms with Gasteiger partial charge in [-0.2, -0.15) is 0 Å². The van der Waals surface area contributed by atoms with Crippen LogP contribution in [0.5, 0.6) is 0 Å². The molecule has 6 atom stereocenters. The third kappa shape index (κ3) is 18.5. The second-order valence-corrected chi connectivity index (χ2v) is 11.6. The lowest BCUT2D eigenvalue weighted by atomic mass is 9.99. The first-order valence-electron chi connectivity index (χ1n) is 16.6. The molecule has 4 N–H and O–H groups in total. The summed E-state index contributed by atoms with van der Waals surface area (Å²) in [6.07, 6.45) is 14.3. The van der Waals surface area contributed by atoms with Gasteiger partial charge >= 0.3 is 5.97 Å². The number of esters is 1. The minimum atomic E-state index is -1.53. The molecule has 0 saturated carbocycles. The summed E-state index contributed by atoms with van der Waals surface area (Å²) in [5.41, 5.74) is 0. The predicted octanol–water partition coefficient (Wildman–Crippen LogP) is 5.18. The molecule has 0 bridgehead atoms. The molecule has 9 heteroatoms. The Labute approximate surface area is 249 Å². The van der Waals surface area contributed by atoms with E-state index < -0.39 is 43.4 Å². The topological polar surface area (TPSA) is 135 Å². The van der Waals surface area contributed by atoms with Crippen LogP contribution in [0.3, 0.4) is 0 Å². The molecule has 1 fully saturated rings. The molecule has 1 aliphatic rings. The average molecular weight is 591 g/mol. The molecule has 0 amide bonds. The van der Waals surface area contributed by atoms with Crippen LogP contribution in [-0.4, -0.2) is 89.6 Å². The minimum absolute atomic E-state index is 0.107. The first-order chi connectivity index (χ1) is 19.9. The molecular weight excluding hydrogens is 528 g/mol. The van der Waals surface area contributed by atoms with Crippen molar-refractivity contribution >= 4 is 5.97 Å². The molecule has 6 unspecified atom stereocenters. The van der Waals surface area contributed by atoms with E-state index in [0.717, 1.165) is 32.1 Å². The maximum absolute atomic E-state index is 12.5. The zero-order valence-electron chi connectivity index (χ0n) is 26.1. The van der Waals surface area contributed by atoms with E-state index >= 15 is 0 Å². The van der Waals surface area contributed by atoms with E-state index in [4.69, 9.17) is 18.9 Å². The lowest BCUT2D eigenvalue weighted by molar-refractivity contribution is -0.305. The summed E-state index contributed by atoms with van der Waals surface area (Å²) < 4.78 is 22.5. The van der Waals surface area contributed by atoms with Crippen molar-refractivity contribution in [1.29, 1.82) is 0 Å². The molecule has 1 saturated heterocycles. The molecule has 0 aliphatic carbocycles. The summed E-state index contributed by atoms with van der Waals surface area (Å²) in [5.74, 6) is -0.320. The quantitative estimate of drug-likeness (QED) is 0.0754. The molecule has 1 heterocycles. The first-order valence-corrected chi connectivity index (χ1v) is 16.6. The molecular formula is C32H62O9. The second kappa shape index (κ2) is 25.7. The molecule has 0 aromatic heterocycles. The van der Waals surface area contributed by atoms with E-state index in [1.807, 2.05) is 0 Å². The number of carbonyl (C=O) groups excluding carboxylic acids is 1. The molecule has 0 aromatic rings. The van der Waals surface area contributed by atoms with Gasteiger partial charge in [0.1, 0.15) is 30.5 Å². The largest absolute Gasteiger partial charge is 0.457 e. The van der Waals surface area contributed by atoms with Crippen LogP contribution in [0.2, 0.25) is 0 Å². The van der Waals surface area contributed by atoms with E-state index in [1.165, 1.54) is 83.5 Å². The van der Waals surface area contributed by atoms with Crippen molar-refractivity contribution in [3.05, 3.63) is 0 Å². The number of carbonyl (C=O) groups is 1. The minimum Gasteiger partial charge on any atom is -0.457 e. The Balaban J connectivity index is 2.37. The van der Waals surface area contributed by atoms with Crippen molar-refractivity contribution in [1.82, 2.24) is 0 Å². The van der Waals surface area contributed by atoms with Crippen molar-refractivity contribution in [3.63, 3.8) is 0 Å². The summed E-state index contributed by atoms with van der Waals surface area (Å²) in [6.45, 7) is 4.50. The van der Waals surface area contributed by atoms with Gasteiger partial charge in [-0.25, -0.2) is 0 Å². The molecule has 244 valence electrons. The zero-order valence-corrected chi connectivity index (χ0v) is 26.1. The summed E-state index contributed by atoms with van der Waals surface area (Å²) >= 11 is 0. The van der Waals surface area contributed by atoms with E-state index in [0.29, 0.717) is 13.0 Å². The lowest BCUT2D eigenvalue weighted by Gasteiger charge is -2.39. The Morgan fingerprint density at radius 3 is 1.73 bits per heavy atom. The number of aliphatic hydroxyl groups excluding tert-OH is 4. The lowest BCUT2D eigenvalue weighted by Crippen LogP contribution is -2.59. The van der Waals surface area contributed by atoms with Crippen molar-refractivity contribution in [2.24, 2.45) is 0 Å². The third-order valence-electron chi connectivity index (χ3n) is 7.77. The molecule has 0 spiro atoms. The Morgan fingerprint density at radius 2 is 1.20 bits per heavy atom. The van der Waals surface area contributed by atoms with Gasteiger partial charge in [0.15, 0.2) is 6.29 Å². The Kier molecular flexibility index (Phi) is 23.9. The van der Waals surface area contributed by atoms with Crippen LogP contribution in [0.4, 0.5) is 0 Å². The summed E-state index contributed by atoms with van der Waals surface area (Å²) in [6, 6.07) is 0. The van der Waals surface area contributed by atoms with Gasteiger partial charge in [0, 0.05) is 13.0 Å². The monoisotopic (exact) mass is 590 g/mol. The van der Waals surface area contributed by atoms with Crippen LogP contribution in [0.15, 0.2) is 0 Å². The fraction of sp³-hybridized carbons (Fsp3) is 0.969. The van der Waals surface area contributed by atoms with E-state index in [1.54, 1.807) is 0 Å². The predicted molar refractivity (Wildman–Crippen MR) is 159 cm³/mol. The van der Waals surface area contributed by atoms with Gasteiger partial charge in [0.25, 0.3) is 0 Å². The highest BCUT2D eigenvalue weighted by molar-refractivity contribution is 5.69. The Morgan fingerprint density at radius 1 is 0.683 bits per heavy atom. The van der Waals surface area contributed by atoms with Gasteiger partial charge in [-0.3, -0.25) is 4.79 Å². The normalized spacial score (nSPS) is 23.5. The highest BCUT2D eigenvalue weighted by atomic mass is 16.7.